The van der Waals surface area contributed by atoms with Crippen LogP contribution in [0.5, 0.6) is 0 Å². The van der Waals surface area contributed by atoms with Gasteiger partial charge in [0.2, 0.25) is 0 Å². The van der Waals surface area contributed by atoms with E-state index in [1.54, 1.807) is 0 Å². The summed E-state index contributed by atoms with van der Waals surface area (Å²) in [7, 11) is 0. The van der Waals surface area contributed by atoms with Crippen molar-refractivity contribution in [3.63, 3.8) is 0 Å². The molecule has 2 rings (SSSR count). The van der Waals surface area contributed by atoms with Crippen LogP contribution in [0.25, 0.3) is 0 Å². The summed E-state index contributed by atoms with van der Waals surface area (Å²) >= 11 is 5.29. The fraction of sp³-hybridized carbons (Fsp3) is 0.636. The zero-order chi connectivity index (χ0) is 9.97. The first-order valence-corrected chi connectivity index (χ1v) is 6.86. The molecule has 0 aromatic carbocycles. The van der Waals surface area contributed by atoms with Gasteiger partial charge in [0.05, 0.1) is 3.79 Å². The Morgan fingerprint density at radius 3 is 2.71 bits per heavy atom. The molecule has 0 radical (unpaired) electrons. The highest BCUT2D eigenvalue weighted by atomic mass is 79.9. The lowest BCUT2D eigenvalue weighted by Gasteiger charge is -2.17. The second-order valence-electron chi connectivity index (χ2n) is 4.12. The van der Waals surface area contributed by atoms with E-state index in [1.165, 1.54) is 34.3 Å². The quantitative estimate of drug-likeness (QED) is 0.896. The smallest absolute Gasteiger partial charge is 0.0701 e. The summed E-state index contributed by atoms with van der Waals surface area (Å²) < 4.78 is 1.21. The molecule has 1 aliphatic carbocycles. The minimum atomic E-state index is 0.378. The van der Waals surface area contributed by atoms with E-state index in [-0.39, 0.29) is 0 Å². The van der Waals surface area contributed by atoms with Gasteiger partial charge in [-0.15, -0.1) is 11.3 Å². The molecular weight excluding hydrogens is 258 g/mol. The zero-order valence-electron chi connectivity index (χ0n) is 8.21. The molecule has 2 N–H and O–H groups in total. The van der Waals surface area contributed by atoms with Crippen LogP contribution in [0, 0.1) is 5.92 Å². The third-order valence-corrected chi connectivity index (χ3v) is 4.72. The van der Waals surface area contributed by atoms with Crippen LogP contribution in [-0.2, 0) is 6.42 Å². The van der Waals surface area contributed by atoms with Crippen LogP contribution in [0.15, 0.2) is 15.9 Å². The molecule has 3 heteroatoms. The SMILES string of the molecule is NC(Cc1ccc(Br)s1)C1CCCC1. The highest BCUT2D eigenvalue weighted by Gasteiger charge is 2.22. The molecule has 1 aromatic heterocycles. The first-order chi connectivity index (χ1) is 6.75. The summed E-state index contributed by atoms with van der Waals surface area (Å²) in [5.74, 6) is 0.774. The maximum Gasteiger partial charge on any atom is 0.0701 e. The van der Waals surface area contributed by atoms with E-state index in [0.717, 1.165) is 12.3 Å². The molecule has 1 aliphatic rings. The van der Waals surface area contributed by atoms with E-state index in [2.05, 4.69) is 28.1 Å². The van der Waals surface area contributed by atoms with Crippen molar-refractivity contribution >= 4 is 27.3 Å². The summed E-state index contributed by atoms with van der Waals surface area (Å²) in [4.78, 5) is 1.41. The average molecular weight is 274 g/mol. The van der Waals surface area contributed by atoms with Gasteiger partial charge in [-0.05, 0) is 53.2 Å². The number of halogens is 1. The second-order valence-corrected chi connectivity index (χ2v) is 6.67. The Balaban J connectivity index is 1.90. The molecule has 0 aliphatic heterocycles. The van der Waals surface area contributed by atoms with Crippen LogP contribution >= 0.6 is 27.3 Å². The number of hydrogen-bond donors (Lipinski definition) is 1. The molecule has 1 saturated carbocycles. The molecule has 1 unspecified atom stereocenters. The van der Waals surface area contributed by atoms with E-state index in [0.29, 0.717) is 6.04 Å². The van der Waals surface area contributed by atoms with Gasteiger partial charge in [0.1, 0.15) is 0 Å². The van der Waals surface area contributed by atoms with Crippen molar-refractivity contribution in [2.45, 2.75) is 38.1 Å². The van der Waals surface area contributed by atoms with Crippen molar-refractivity contribution in [2.75, 3.05) is 0 Å². The summed E-state index contributed by atoms with van der Waals surface area (Å²) in [5.41, 5.74) is 6.21. The van der Waals surface area contributed by atoms with Crippen LogP contribution in [0.4, 0.5) is 0 Å². The molecule has 0 amide bonds. The number of hydrogen-bond acceptors (Lipinski definition) is 2. The topological polar surface area (TPSA) is 26.0 Å². The van der Waals surface area contributed by atoms with Gasteiger partial charge in [-0.3, -0.25) is 0 Å². The molecule has 1 fully saturated rings. The van der Waals surface area contributed by atoms with Crippen molar-refractivity contribution in [1.29, 1.82) is 0 Å². The lowest BCUT2D eigenvalue weighted by molar-refractivity contribution is 0.431. The van der Waals surface area contributed by atoms with Gasteiger partial charge in [-0.1, -0.05) is 12.8 Å². The molecule has 0 spiro atoms. The van der Waals surface area contributed by atoms with Gasteiger partial charge in [0.15, 0.2) is 0 Å². The molecule has 0 saturated heterocycles. The minimum Gasteiger partial charge on any atom is -0.327 e. The number of nitrogens with two attached hydrogens (primary N) is 1. The fourth-order valence-electron chi connectivity index (χ4n) is 2.25. The first-order valence-electron chi connectivity index (χ1n) is 5.25. The maximum absolute atomic E-state index is 6.21. The van der Waals surface area contributed by atoms with Crippen molar-refractivity contribution in [3.05, 3.63) is 20.8 Å². The molecule has 1 aromatic rings. The van der Waals surface area contributed by atoms with Crippen LogP contribution in [0.2, 0.25) is 0 Å². The van der Waals surface area contributed by atoms with Crippen LogP contribution in [0.3, 0.4) is 0 Å². The van der Waals surface area contributed by atoms with E-state index >= 15 is 0 Å². The normalized spacial score (nSPS) is 20.1. The predicted octanol–water partition coefficient (Wildman–Crippen LogP) is 3.57. The van der Waals surface area contributed by atoms with Crippen molar-refractivity contribution in [1.82, 2.24) is 0 Å². The van der Waals surface area contributed by atoms with E-state index in [9.17, 15) is 0 Å². The highest BCUT2D eigenvalue weighted by Crippen LogP contribution is 2.30. The lowest BCUT2D eigenvalue weighted by Crippen LogP contribution is -2.30. The van der Waals surface area contributed by atoms with Gasteiger partial charge in [0.25, 0.3) is 0 Å². The molecule has 14 heavy (non-hydrogen) atoms. The zero-order valence-corrected chi connectivity index (χ0v) is 10.6. The van der Waals surface area contributed by atoms with E-state index in [1.807, 2.05) is 11.3 Å². The van der Waals surface area contributed by atoms with Crippen molar-refractivity contribution in [2.24, 2.45) is 11.7 Å². The Bertz CT molecular complexity index is 291. The molecule has 1 nitrogen and oxygen atoms in total. The predicted molar refractivity (Wildman–Crippen MR) is 65.7 cm³/mol. The highest BCUT2D eigenvalue weighted by molar-refractivity contribution is 9.11. The third kappa shape index (κ3) is 2.59. The number of rotatable bonds is 3. The van der Waals surface area contributed by atoms with Gasteiger partial charge in [-0.2, -0.15) is 0 Å². The van der Waals surface area contributed by atoms with Gasteiger partial charge in [-0.25, -0.2) is 0 Å². The molecular formula is C11H16BrNS. The standard InChI is InChI=1S/C11H16BrNS/c12-11-6-5-9(14-11)7-10(13)8-3-1-2-4-8/h5-6,8,10H,1-4,7,13H2. The Hall–Kier alpha value is 0.140. The third-order valence-electron chi connectivity index (χ3n) is 3.07. The fourth-order valence-corrected chi connectivity index (χ4v) is 3.80. The second kappa shape index (κ2) is 4.77. The average Bonchev–Trinajstić information content (AvgIpc) is 2.75. The minimum absolute atomic E-state index is 0.378. The Morgan fingerprint density at radius 2 is 2.14 bits per heavy atom. The summed E-state index contributed by atoms with van der Waals surface area (Å²) in [5, 5.41) is 0. The monoisotopic (exact) mass is 273 g/mol. The Morgan fingerprint density at radius 1 is 1.43 bits per heavy atom. The lowest BCUT2D eigenvalue weighted by atomic mass is 9.96. The number of thiophene rings is 1. The molecule has 0 bridgehead atoms. The summed E-state index contributed by atoms with van der Waals surface area (Å²) in [6, 6.07) is 4.67. The largest absolute Gasteiger partial charge is 0.327 e. The summed E-state index contributed by atoms with van der Waals surface area (Å²) in [6.45, 7) is 0. The molecule has 78 valence electrons. The van der Waals surface area contributed by atoms with Gasteiger partial charge < -0.3 is 5.73 Å². The van der Waals surface area contributed by atoms with Crippen LogP contribution < -0.4 is 5.73 Å². The first kappa shape index (κ1) is 10.7. The van der Waals surface area contributed by atoms with Gasteiger partial charge in [0, 0.05) is 10.9 Å². The Kier molecular flexibility index (Phi) is 3.63. The summed E-state index contributed by atoms with van der Waals surface area (Å²) in [6.07, 6.45) is 6.50. The van der Waals surface area contributed by atoms with Crippen molar-refractivity contribution < 1.29 is 0 Å². The maximum atomic E-state index is 6.21. The van der Waals surface area contributed by atoms with E-state index in [4.69, 9.17) is 5.73 Å². The Labute approximate surface area is 97.8 Å². The van der Waals surface area contributed by atoms with Crippen LogP contribution in [-0.4, -0.2) is 6.04 Å². The molecule has 1 heterocycles. The molecule has 1 atom stereocenters. The van der Waals surface area contributed by atoms with Gasteiger partial charge >= 0.3 is 0 Å². The van der Waals surface area contributed by atoms with Crippen LogP contribution in [0.1, 0.15) is 30.6 Å². The van der Waals surface area contributed by atoms with Crippen molar-refractivity contribution in [3.8, 4) is 0 Å². The van der Waals surface area contributed by atoms with E-state index < -0.39 is 0 Å².